The van der Waals surface area contributed by atoms with Gasteiger partial charge >= 0.3 is 0 Å². The molecule has 10 nitrogen and oxygen atoms in total. The van der Waals surface area contributed by atoms with Crippen LogP contribution in [0.1, 0.15) is 51.9 Å². The lowest BCUT2D eigenvalue weighted by atomic mass is 10.1. The average molecular weight is 380 g/mol. The maximum atomic E-state index is 12.4. The monoisotopic (exact) mass is 380 g/mol. The Morgan fingerprint density at radius 1 is 1.15 bits per heavy atom. The molecule has 0 saturated carbocycles. The van der Waals surface area contributed by atoms with Crippen LogP contribution in [0.5, 0.6) is 0 Å². The Balaban J connectivity index is 2.38. The second-order valence-electron chi connectivity index (χ2n) is 6.62. The molecule has 0 aromatic heterocycles. The van der Waals surface area contributed by atoms with Gasteiger partial charge in [0, 0.05) is 26.9 Å². The molecule has 1 fully saturated rings. The quantitative estimate of drug-likeness (QED) is 0.263. The molecule has 2 aliphatic heterocycles. The van der Waals surface area contributed by atoms with Crippen molar-refractivity contribution in [3.8, 4) is 0 Å². The van der Waals surface area contributed by atoms with Crippen molar-refractivity contribution in [2.24, 2.45) is 9.98 Å². The number of amides is 2. The van der Waals surface area contributed by atoms with Gasteiger partial charge in [-0.1, -0.05) is 32.3 Å². The molecule has 0 spiro atoms. The molecule has 0 aliphatic carbocycles. The van der Waals surface area contributed by atoms with E-state index in [0.29, 0.717) is 10.1 Å². The second kappa shape index (κ2) is 8.96. The predicted molar refractivity (Wildman–Crippen MR) is 98.8 cm³/mol. The summed E-state index contributed by atoms with van der Waals surface area (Å²) in [5, 5.41) is 23.9. The van der Waals surface area contributed by atoms with Crippen LogP contribution >= 0.6 is 0 Å². The molecule has 1 saturated heterocycles. The van der Waals surface area contributed by atoms with Crippen LogP contribution in [0.2, 0.25) is 0 Å². The molecule has 3 N–H and O–H groups in total. The van der Waals surface area contributed by atoms with Crippen LogP contribution in [0.3, 0.4) is 0 Å². The zero-order chi connectivity index (χ0) is 20.0. The summed E-state index contributed by atoms with van der Waals surface area (Å²) < 4.78 is 0. The Bertz CT molecular complexity index is 642. The number of nitrogens with one attached hydrogen (secondary N) is 1. The summed E-state index contributed by atoms with van der Waals surface area (Å²) in [6.45, 7) is 2.13. The number of hydrogen-bond donors (Lipinski definition) is 3. The highest BCUT2D eigenvalue weighted by molar-refractivity contribution is 6.05. The Labute approximate surface area is 158 Å². The zero-order valence-electron chi connectivity index (χ0n) is 16.1. The summed E-state index contributed by atoms with van der Waals surface area (Å²) in [4.78, 5) is 34.1. The first-order chi connectivity index (χ1) is 12.8. The smallest absolute Gasteiger partial charge is 0.252 e. The van der Waals surface area contributed by atoms with Crippen molar-refractivity contribution in [2.75, 3.05) is 14.1 Å². The molecule has 2 aliphatic rings. The van der Waals surface area contributed by atoms with Crippen molar-refractivity contribution in [3.63, 3.8) is 0 Å². The number of carbonyl (C=O) groups excluding carboxylic acids is 2. The second-order valence-corrected chi connectivity index (χ2v) is 6.62. The minimum Gasteiger partial charge on any atom is -0.309 e. The fourth-order valence-electron chi connectivity index (χ4n) is 2.94. The summed E-state index contributed by atoms with van der Waals surface area (Å²) in [5.41, 5.74) is 0. The number of allylic oxidation sites excluding steroid dienone is 1. The highest BCUT2D eigenvalue weighted by Gasteiger charge is 2.48. The standard InChI is InChI=1S/C17H28N6O4/c1-4-5-6-7-8-9-12-17(23-13(24)10-11-14(23)25)19-15(21(2)26)18-16(20-17)22(3)27/h9,12,26-27H,4-8,10-11H2,1-3H3,(H,18,19,20). The molecule has 0 radical (unpaired) electrons. The van der Waals surface area contributed by atoms with Gasteiger partial charge in [0.25, 0.3) is 5.96 Å². The van der Waals surface area contributed by atoms with Crippen molar-refractivity contribution >= 4 is 23.7 Å². The Morgan fingerprint density at radius 3 is 2.37 bits per heavy atom. The zero-order valence-corrected chi connectivity index (χ0v) is 16.1. The summed E-state index contributed by atoms with van der Waals surface area (Å²) in [5.74, 6) is -2.55. The number of guanidine groups is 2. The Morgan fingerprint density at radius 2 is 1.81 bits per heavy atom. The van der Waals surface area contributed by atoms with Crippen LogP contribution in [0, 0.1) is 0 Å². The van der Waals surface area contributed by atoms with Crippen molar-refractivity contribution < 1.29 is 20.0 Å². The number of aliphatic imine (C=N–C) groups is 2. The van der Waals surface area contributed by atoms with Gasteiger partial charge in [0.1, 0.15) is 0 Å². The summed E-state index contributed by atoms with van der Waals surface area (Å²) in [7, 11) is 2.65. The number of hydrogen-bond acceptors (Lipinski definition) is 9. The van der Waals surface area contributed by atoms with Gasteiger partial charge in [0.05, 0.1) is 0 Å². The van der Waals surface area contributed by atoms with E-state index in [1.165, 1.54) is 14.1 Å². The maximum absolute atomic E-state index is 12.4. The first-order valence-corrected chi connectivity index (χ1v) is 9.16. The van der Waals surface area contributed by atoms with E-state index in [4.69, 9.17) is 0 Å². The molecule has 2 rings (SSSR count). The fourth-order valence-corrected chi connectivity index (χ4v) is 2.94. The van der Waals surface area contributed by atoms with Gasteiger partial charge in [-0.25, -0.2) is 15.0 Å². The molecule has 1 unspecified atom stereocenters. The van der Waals surface area contributed by atoms with Crippen molar-refractivity contribution in [2.45, 2.75) is 57.7 Å². The highest BCUT2D eigenvalue weighted by Crippen LogP contribution is 2.27. The average Bonchev–Trinajstić information content (AvgIpc) is 2.96. The van der Waals surface area contributed by atoms with Gasteiger partial charge in [-0.2, -0.15) is 9.98 Å². The third kappa shape index (κ3) is 4.83. The van der Waals surface area contributed by atoms with E-state index in [9.17, 15) is 20.0 Å². The summed E-state index contributed by atoms with van der Waals surface area (Å²) in [6, 6.07) is 0. The minimum atomic E-state index is -1.59. The van der Waals surface area contributed by atoms with Gasteiger partial charge < -0.3 is 5.32 Å². The van der Waals surface area contributed by atoms with E-state index in [1.54, 1.807) is 6.08 Å². The molecule has 27 heavy (non-hydrogen) atoms. The van der Waals surface area contributed by atoms with Gasteiger partial charge in [-0.3, -0.25) is 20.0 Å². The molecule has 0 aromatic rings. The third-order valence-corrected chi connectivity index (χ3v) is 4.34. The molecule has 2 amide bonds. The van der Waals surface area contributed by atoms with Crippen LogP contribution < -0.4 is 5.32 Å². The summed E-state index contributed by atoms with van der Waals surface area (Å²) >= 11 is 0. The molecule has 0 bridgehead atoms. The molecular formula is C17H28N6O4. The number of rotatable bonds is 7. The summed E-state index contributed by atoms with van der Waals surface area (Å²) in [6.07, 6.45) is 8.72. The van der Waals surface area contributed by atoms with Crippen LogP contribution in [0.4, 0.5) is 0 Å². The SMILES string of the molecule is CCCCCCC=CC1(N2C(=O)CCC2=O)N=C(N(C)O)N=C(N(C)O)N1. The maximum Gasteiger partial charge on any atom is 0.252 e. The van der Waals surface area contributed by atoms with Crippen molar-refractivity contribution in [1.29, 1.82) is 0 Å². The number of unbranched alkanes of at least 4 members (excludes halogenated alkanes) is 4. The van der Waals surface area contributed by atoms with Crippen LogP contribution in [-0.2, 0) is 9.59 Å². The van der Waals surface area contributed by atoms with E-state index in [1.807, 2.05) is 6.08 Å². The van der Waals surface area contributed by atoms with Crippen LogP contribution in [0.25, 0.3) is 0 Å². The van der Waals surface area contributed by atoms with Crippen molar-refractivity contribution in [3.05, 3.63) is 12.2 Å². The normalized spacial score (nSPS) is 22.8. The first-order valence-electron chi connectivity index (χ1n) is 9.16. The number of likely N-dealkylation sites (tertiary alicyclic amines) is 1. The lowest BCUT2D eigenvalue weighted by Crippen LogP contribution is -2.64. The lowest BCUT2D eigenvalue weighted by molar-refractivity contribution is -0.144. The third-order valence-electron chi connectivity index (χ3n) is 4.34. The van der Waals surface area contributed by atoms with E-state index in [2.05, 4.69) is 22.2 Å². The highest BCUT2D eigenvalue weighted by atomic mass is 16.5. The molecular weight excluding hydrogens is 352 g/mol. The van der Waals surface area contributed by atoms with Gasteiger partial charge in [-0.15, -0.1) is 0 Å². The fraction of sp³-hybridized carbons (Fsp3) is 0.647. The van der Waals surface area contributed by atoms with Gasteiger partial charge in [0.2, 0.25) is 23.6 Å². The number of imide groups is 1. The largest absolute Gasteiger partial charge is 0.309 e. The van der Waals surface area contributed by atoms with E-state index < -0.39 is 5.79 Å². The van der Waals surface area contributed by atoms with Crippen LogP contribution in [-0.4, -0.2) is 69.1 Å². The Hall–Kier alpha value is -2.46. The predicted octanol–water partition coefficient (Wildman–Crippen LogP) is 1.27. The number of hydroxylamine groups is 4. The molecule has 150 valence electrons. The van der Waals surface area contributed by atoms with Gasteiger partial charge in [0.15, 0.2) is 0 Å². The molecule has 2 heterocycles. The van der Waals surface area contributed by atoms with Gasteiger partial charge in [-0.05, 0) is 18.9 Å². The number of nitrogens with zero attached hydrogens (tertiary/aromatic N) is 5. The lowest BCUT2D eigenvalue weighted by Gasteiger charge is -2.39. The van der Waals surface area contributed by atoms with Crippen molar-refractivity contribution in [1.82, 2.24) is 20.3 Å². The van der Waals surface area contributed by atoms with E-state index in [0.717, 1.165) is 37.0 Å². The topological polar surface area (TPSA) is 121 Å². The molecule has 10 heteroatoms. The molecule has 0 aromatic carbocycles. The number of carbonyl (C=O) groups is 2. The van der Waals surface area contributed by atoms with E-state index in [-0.39, 0.29) is 36.6 Å². The molecule has 1 atom stereocenters. The van der Waals surface area contributed by atoms with Crippen LogP contribution in [0.15, 0.2) is 22.1 Å². The Kier molecular flexibility index (Phi) is 6.92. The minimum absolute atomic E-state index is 0.0518. The van der Waals surface area contributed by atoms with E-state index >= 15 is 0 Å². The first kappa shape index (κ1) is 20.8.